The molecule has 1 N–H and O–H groups in total. The van der Waals surface area contributed by atoms with E-state index in [1.807, 2.05) is 101 Å². The number of fused-ring (bicyclic) bond motifs is 3. The topological polar surface area (TPSA) is 63.1 Å². The molecule has 1 radical (unpaired) electrons. The first-order chi connectivity index (χ1) is 27.2. The van der Waals surface area contributed by atoms with Crippen molar-refractivity contribution >= 4 is 27.3 Å². The van der Waals surface area contributed by atoms with E-state index in [9.17, 15) is 14.3 Å². The summed E-state index contributed by atoms with van der Waals surface area (Å²) in [5.74, 6) is 0.354. The third-order valence-corrected chi connectivity index (χ3v) is 10.1. The molecule has 0 amide bonds. The predicted octanol–water partition coefficient (Wildman–Crippen LogP) is 13.7. The second-order valence-corrected chi connectivity index (χ2v) is 14.0. The van der Waals surface area contributed by atoms with Gasteiger partial charge in [-0.1, -0.05) is 119 Å². The first-order valence-electron chi connectivity index (χ1n) is 19.6. The standard InChI is InChI=1S/C21H15FN.C17H12N.C13H24O2.Ir/c1-13-10-14(2)12-15(11-13)21-19-7-6-18-16(4-3-5-20(18)22)17(19)8-9-23-21;1-2-6-14(7-3-1)15-9-11-16(12-10-15)17-8-4-5-13-18-17;1-5-10(6-2)12(14)9-13(15)11(7-3)8-4;/h3-11H,1-2H3;1-11,13H;9-11,14H,5-8H2,1-4H3;/q2*-1;;/b;;12-9-;. The molecule has 7 rings (SSSR count). The van der Waals surface area contributed by atoms with Crippen molar-refractivity contribution < 1.29 is 34.4 Å². The van der Waals surface area contributed by atoms with Crippen LogP contribution < -0.4 is 0 Å². The van der Waals surface area contributed by atoms with E-state index in [1.54, 1.807) is 18.5 Å². The fraction of sp³-hybridized carbons (Fsp3) is 0.235. The van der Waals surface area contributed by atoms with Gasteiger partial charge in [0.25, 0.3) is 0 Å². The van der Waals surface area contributed by atoms with Crippen molar-refractivity contribution in [3.05, 3.63) is 169 Å². The molecule has 6 heteroatoms. The van der Waals surface area contributed by atoms with E-state index in [-0.39, 0.29) is 49.3 Å². The van der Waals surface area contributed by atoms with Crippen LogP contribution in [0.4, 0.5) is 4.39 Å². The molecule has 0 spiro atoms. The molecule has 295 valence electrons. The van der Waals surface area contributed by atoms with Gasteiger partial charge < -0.3 is 15.1 Å². The van der Waals surface area contributed by atoms with Crippen molar-refractivity contribution in [2.24, 2.45) is 11.8 Å². The number of halogens is 1. The molecule has 2 heterocycles. The van der Waals surface area contributed by atoms with Crippen LogP contribution in [0.1, 0.15) is 64.5 Å². The van der Waals surface area contributed by atoms with Crippen LogP contribution in [0.15, 0.2) is 139 Å². The summed E-state index contributed by atoms with van der Waals surface area (Å²) in [6.45, 7) is 12.2. The van der Waals surface area contributed by atoms with Crippen LogP contribution in [-0.2, 0) is 24.9 Å². The summed E-state index contributed by atoms with van der Waals surface area (Å²) in [6, 6.07) is 44.2. The van der Waals surface area contributed by atoms with Gasteiger partial charge in [0.1, 0.15) is 5.82 Å². The number of hydrogen-bond donors (Lipinski definition) is 1. The summed E-state index contributed by atoms with van der Waals surface area (Å²) < 4.78 is 14.0. The van der Waals surface area contributed by atoms with Crippen molar-refractivity contribution in [2.45, 2.75) is 67.2 Å². The number of hydrogen-bond acceptors (Lipinski definition) is 4. The van der Waals surface area contributed by atoms with E-state index >= 15 is 0 Å². The number of carbonyl (C=O) groups excluding carboxylic acids is 1. The maximum Gasteiger partial charge on any atom is 0.162 e. The molecule has 0 fully saturated rings. The quantitative estimate of drug-likeness (QED) is 0.0642. The number of aryl methyl sites for hydroxylation is 2. The third kappa shape index (κ3) is 11.6. The van der Waals surface area contributed by atoms with Crippen LogP contribution in [0.3, 0.4) is 0 Å². The normalized spacial score (nSPS) is 11.1. The van der Waals surface area contributed by atoms with Crippen LogP contribution in [0.2, 0.25) is 0 Å². The molecule has 0 aliphatic heterocycles. The van der Waals surface area contributed by atoms with Gasteiger partial charge in [-0.15, -0.1) is 64.7 Å². The maximum atomic E-state index is 14.0. The van der Waals surface area contributed by atoms with E-state index in [2.05, 4.69) is 65.4 Å². The molecule has 7 aromatic rings. The molecule has 57 heavy (non-hydrogen) atoms. The SMILES string of the molecule is CCC(CC)C(=O)/C=C(\O)C(CC)CC.Cc1[c-]c(-c2nccc3c2ccc2c(F)cccc23)cc(C)c1.[Ir].[c-]1cc(-c2ccccc2)ccc1-c1ccccn1. The van der Waals surface area contributed by atoms with Gasteiger partial charge in [-0.3, -0.25) is 4.79 Å². The summed E-state index contributed by atoms with van der Waals surface area (Å²) >= 11 is 0. The Morgan fingerprint density at radius 1 is 0.684 bits per heavy atom. The summed E-state index contributed by atoms with van der Waals surface area (Å²) in [7, 11) is 0. The Labute approximate surface area is 351 Å². The van der Waals surface area contributed by atoms with Gasteiger partial charge in [0, 0.05) is 55.8 Å². The van der Waals surface area contributed by atoms with Crippen LogP contribution in [0.25, 0.3) is 55.2 Å². The number of aliphatic hydroxyl groups is 1. The number of ketones is 1. The van der Waals surface area contributed by atoms with E-state index in [1.165, 1.54) is 28.8 Å². The largest absolute Gasteiger partial charge is 0.512 e. The number of benzene rings is 5. The number of allylic oxidation sites excluding steroid dienone is 2. The van der Waals surface area contributed by atoms with Gasteiger partial charge in [-0.05, 0) is 71.4 Å². The van der Waals surface area contributed by atoms with E-state index in [0.29, 0.717) is 5.39 Å². The second kappa shape index (κ2) is 21.9. The molecular formula is C51H51FIrN2O2-2. The van der Waals surface area contributed by atoms with Crippen molar-refractivity contribution in [3.63, 3.8) is 0 Å². The molecule has 0 saturated carbocycles. The van der Waals surface area contributed by atoms with E-state index in [4.69, 9.17) is 0 Å². The van der Waals surface area contributed by atoms with E-state index < -0.39 is 0 Å². The average Bonchev–Trinajstić information content (AvgIpc) is 3.22. The Hall–Kier alpha value is -5.29. The molecule has 0 saturated heterocycles. The molecule has 0 bridgehead atoms. The number of nitrogens with zero attached hydrogens (tertiary/aromatic N) is 2. The number of rotatable bonds is 10. The van der Waals surface area contributed by atoms with Crippen molar-refractivity contribution in [3.8, 4) is 33.6 Å². The smallest absolute Gasteiger partial charge is 0.162 e. The fourth-order valence-corrected chi connectivity index (χ4v) is 6.92. The zero-order valence-corrected chi connectivity index (χ0v) is 36.0. The maximum absolute atomic E-state index is 14.0. The Bertz CT molecular complexity index is 2290. The van der Waals surface area contributed by atoms with Gasteiger partial charge in [-0.2, -0.15) is 0 Å². The monoisotopic (exact) mass is 935 g/mol. The molecule has 2 aromatic heterocycles. The predicted molar refractivity (Wildman–Crippen MR) is 231 cm³/mol. The van der Waals surface area contributed by atoms with Crippen LogP contribution in [-0.4, -0.2) is 20.9 Å². The Morgan fingerprint density at radius 3 is 2.00 bits per heavy atom. The molecule has 5 aromatic carbocycles. The molecule has 0 aliphatic carbocycles. The number of aliphatic hydroxyl groups excluding tert-OH is 1. The van der Waals surface area contributed by atoms with Crippen LogP contribution in [0, 0.1) is 43.6 Å². The van der Waals surface area contributed by atoms with Crippen molar-refractivity contribution in [2.75, 3.05) is 0 Å². The van der Waals surface area contributed by atoms with Gasteiger partial charge in [0.05, 0.1) is 5.76 Å². The molecule has 0 unspecified atom stereocenters. The second-order valence-electron chi connectivity index (χ2n) is 14.0. The first-order valence-corrected chi connectivity index (χ1v) is 19.6. The van der Waals surface area contributed by atoms with Gasteiger partial charge in [0.15, 0.2) is 5.78 Å². The number of pyridine rings is 2. The fourth-order valence-electron chi connectivity index (χ4n) is 6.92. The third-order valence-electron chi connectivity index (χ3n) is 10.1. The summed E-state index contributed by atoms with van der Waals surface area (Å²) in [5, 5.41) is 13.3. The average molecular weight is 935 g/mol. The minimum Gasteiger partial charge on any atom is -0.512 e. The van der Waals surface area contributed by atoms with Crippen molar-refractivity contribution in [1.82, 2.24) is 9.97 Å². The van der Waals surface area contributed by atoms with Crippen molar-refractivity contribution in [1.29, 1.82) is 0 Å². The zero-order chi connectivity index (χ0) is 40.0. The van der Waals surface area contributed by atoms with Crippen LogP contribution in [0.5, 0.6) is 0 Å². The summed E-state index contributed by atoms with van der Waals surface area (Å²) in [6.07, 6.45) is 8.49. The molecule has 0 aliphatic rings. The molecule has 0 atom stereocenters. The molecular weight excluding hydrogens is 884 g/mol. The summed E-state index contributed by atoms with van der Waals surface area (Å²) in [4.78, 5) is 20.6. The van der Waals surface area contributed by atoms with Gasteiger partial charge in [0.2, 0.25) is 0 Å². The van der Waals surface area contributed by atoms with Gasteiger partial charge >= 0.3 is 0 Å². The number of carbonyl (C=O) groups is 1. The van der Waals surface area contributed by atoms with Gasteiger partial charge in [-0.25, -0.2) is 4.39 Å². The van der Waals surface area contributed by atoms with E-state index in [0.717, 1.165) is 69.9 Å². The summed E-state index contributed by atoms with van der Waals surface area (Å²) in [5.41, 5.74) is 8.50. The Balaban J connectivity index is 0.000000193. The number of aromatic nitrogens is 2. The minimum atomic E-state index is -0.194. The minimum absolute atomic E-state index is 0. The van der Waals surface area contributed by atoms with Crippen LogP contribution >= 0.6 is 0 Å². The zero-order valence-electron chi connectivity index (χ0n) is 33.6. The first kappa shape index (κ1) is 44.4. The Kier molecular flexibility index (Phi) is 17.0. The molecule has 4 nitrogen and oxygen atoms in total. The Morgan fingerprint density at radius 2 is 1.37 bits per heavy atom.